The summed E-state index contributed by atoms with van der Waals surface area (Å²) in [6.45, 7) is 9.78. The fourth-order valence-corrected chi connectivity index (χ4v) is 4.63. The van der Waals surface area contributed by atoms with Crippen molar-refractivity contribution in [3.63, 3.8) is 0 Å². The van der Waals surface area contributed by atoms with E-state index in [4.69, 9.17) is 4.74 Å². The number of ether oxygens (including phenoxy) is 1. The lowest BCUT2D eigenvalue weighted by atomic mass is 10.1. The van der Waals surface area contributed by atoms with Gasteiger partial charge in [0.15, 0.2) is 11.6 Å². The zero-order valence-corrected chi connectivity index (χ0v) is 23.7. The number of rotatable bonds is 5. The number of aryl methyl sites for hydroxylation is 1. The lowest BCUT2D eigenvalue weighted by Gasteiger charge is -2.36. The summed E-state index contributed by atoms with van der Waals surface area (Å²) in [5.74, 6) is -0.670. The first kappa shape index (κ1) is 27.9. The molecule has 0 spiro atoms. The molecule has 0 aliphatic carbocycles. The van der Waals surface area contributed by atoms with Gasteiger partial charge in [0.05, 0.1) is 23.8 Å². The van der Waals surface area contributed by atoms with Crippen LogP contribution in [0.15, 0.2) is 42.7 Å². The van der Waals surface area contributed by atoms with Crippen LogP contribution in [-0.4, -0.2) is 67.5 Å². The second-order valence-electron chi connectivity index (χ2n) is 10.7. The van der Waals surface area contributed by atoms with Crippen LogP contribution < -0.4 is 10.2 Å². The van der Waals surface area contributed by atoms with Gasteiger partial charge in [0, 0.05) is 44.2 Å². The van der Waals surface area contributed by atoms with E-state index < -0.39 is 17.2 Å². The maximum atomic E-state index is 14.9. The predicted molar refractivity (Wildman–Crippen MR) is 154 cm³/mol. The Bertz CT molecular complexity index is 1600. The Labute approximate surface area is 236 Å². The summed E-state index contributed by atoms with van der Waals surface area (Å²) < 4.78 is 36.8. The van der Waals surface area contributed by atoms with Crippen LogP contribution in [0.5, 0.6) is 0 Å². The van der Waals surface area contributed by atoms with E-state index in [2.05, 4.69) is 30.3 Å². The summed E-state index contributed by atoms with van der Waals surface area (Å²) >= 11 is 0. The molecule has 1 fully saturated rings. The number of nitrogens with zero attached hydrogens (tertiary/aromatic N) is 7. The molecule has 0 unspecified atom stereocenters. The van der Waals surface area contributed by atoms with E-state index in [1.54, 1.807) is 35.0 Å². The number of hydrogen-bond acceptors (Lipinski definition) is 8. The van der Waals surface area contributed by atoms with Gasteiger partial charge in [-0.2, -0.15) is 5.10 Å². The molecular formula is C29H32F2N8O2. The number of fused-ring (bicyclic) bond motifs is 1. The van der Waals surface area contributed by atoms with E-state index >= 15 is 0 Å². The third-order valence-corrected chi connectivity index (χ3v) is 6.56. The highest BCUT2D eigenvalue weighted by atomic mass is 19.1. The number of anilines is 3. The summed E-state index contributed by atoms with van der Waals surface area (Å²) in [5.41, 5.74) is 1.50. The number of carbonyl (C=O) groups is 1. The molecule has 1 aliphatic rings. The topological polar surface area (TPSA) is 101 Å². The zero-order valence-electron chi connectivity index (χ0n) is 23.7. The van der Waals surface area contributed by atoms with Crippen LogP contribution in [0.4, 0.5) is 31.0 Å². The normalized spacial score (nSPS) is 14.2. The van der Waals surface area contributed by atoms with Gasteiger partial charge >= 0.3 is 6.09 Å². The molecule has 0 atom stereocenters. The molecule has 1 saturated heterocycles. The minimum Gasteiger partial charge on any atom is -0.444 e. The monoisotopic (exact) mass is 562 g/mol. The number of aromatic nitrogens is 5. The Morgan fingerprint density at radius 1 is 1.05 bits per heavy atom. The van der Waals surface area contributed by atoms with Crippen LogP contribution in [0.1, 0.15) is 33.4 Å². The third-order valence-electron chi connectivity index (χ3n) is 6.56. The average molecular weight is 563 g/mol. The highest BCUT2D eigenvalue weighted by Crippen LogP contribution is 2.30. The summed E-state index contributed by atoms with van der Waals surface area (Å²) in [7, 11) is 1.73. The van der Waals surface area contributed by atoms with Crippen molar-refractivity contribution in [2.45, 2.75) is 33.3 Å². The van der Waals surface area contributed by atoms with Gasteiger partial charge < -0.3 is 19.9 Å². The minimum atomic E-state index is -0.681. The molecule has 0 bridgehead atoms. The van der Waals surface area contributed by atoms with Gasteiger partial charge in [-0.15, -0.1) is 0 Å². The second-order valence-corrected chi connectivity index (χ2v) is 10.7. The first-order valence-electron chi connectivity index (χ1n) is 13.3. The molecule has 12 heteroatoms. The van der Waals surface area contributed by atoms with Gasteiger partial charge in [-0.1, -0.05) is 6.08 Å². The Hall–Kier alpha value is -4.61. The number of pyridine rings is 1. The van der Waals surface area contributed by atoms with Crippen LogP contribution in [0.2, 0.25) is 0 Å². The molecule has 3 aromatic heterocycles. The minimum absolute atomic E-state index is 0.0435. The van der Waals surface area contributed by atoms with Crippen molar-refractivity contribution in [1.29, 1.82) is 0 Å². The molecule has 4 aromatic rings. The number of piperazine rings is 1. The fraction of sp³-hybridized carbons (Fsp3) is 0.345. The Morgan fingerprint density at radius 3 is 2.46 bits per heavy atom. The predicted octanol–water partition coefficient (Wildman–Crippen LogP) is 5.54. The van der Waals surface area contributed by atoms with E-state index in [-0.39, 0.29) is 28.8 Å². The molecule has 1 aliphatic heterocycles. The van der Waals surface area contributed by atoms with E-state index in [9.17, 15) is 13.6 Å². The molecule has 0 radical (unpaired) electrons. The third kappa shape index (κ3) is 6.11. The van der Waals surface area contributed by atoms with E-state index in [1.807, 2.05) is 45.9 Å². The van der Waals surface area contributed by atoms with Crippen molar-refractivity contribution in [3.05, 3.63) is 60.1 Å². The van der Waals surface area contributed by atoms with E-state index in [0.717, 1.165) is 11.9 Å². The number of nitrogens with one attached hydrogen (secondary N) is 1. The maximum Gasteiger partial charge on any atom is 0.410 e. The van der Waals surface area contributed by atoms with Crippen LogP contribution in [0, 0.1) is 11.6 Å². The van der Waals surface area contributed by atoms with Gasteiger partial charge in [-0.3, -0.25) is 4.68 Å². The van der Waals surface area contributed by atoms with Crippen molar-refractivity contribution < 1.29 is 18.3 Å². The molecule has 5 rings (SSSR count). The molecule has 1 aromatic carbocycles. The molecule has 10 nitrogen and oxygen atoms in total. The first-order chi connectivity index (χ1) is 19.5. The van der Waals surface area contributed by atoms with Crippen molar-refractivity contribution in [2.75, 3.05) is 36.4 Å². The van der Waals surface area contributed by atoms with Crippen molar-refractivity contribution in [1.82, 2.24) is 29.6 Å². The molecule has 1 amide bonds. The summed E-state index contributed by atoms with van der Waals surface area (Å²) in [4.78, 5) is 29.0. The molecule has 214 valence electrons. The van der Waals surface area contributed by atoms with Crippen LogP contribution in [0.3, 0.4) is 0 Å². The first-order valence-corrected chi connectivity index (χ1v) is 13.3. The van der Waals surface area contributed by atoms with Gasteiger partial charge in [0.1, 0.15) is 22.6 Å². The summed E-state index contributed by atoms with van der Waals surface area (Å²) in [5, 5.41) is 7.79. The number of hydrogen-bond donors (Lipinski definition) is 1. The fourth-order valence-electron chi connectivity index (χ4n) is 4.63. The molecule has 41 heavy (non-hydrogen) atoms. The van der Waals surface area contributed by atoms with Gasteiger partial charge in [-0.05, 0) is 58.0 Å². The Kier molecular flexibility index (Phi) is 7.57. The summed E-state index contributed by atoms with van der Waals surface area (Å²) in [6, 6.07) is 6.56. The number of allylic oxidation sites excluding steroid dienone is 1. The maximum absolute atomic E-state index is 14.9. The lowest BCUT2D eigenvalue weighted by molar-refractivity contribution is 0.0240. The highest BCUT2D eigenvalue weighted by molar-refractivity contribution is 5.91. The quantitative estimate of drug-likeness (QED) is 0.339. The van der Waals surface area contributed by atoms with Crippen molar-refractivity contribution in [2.24, 2.45) is 7.05 Å². The number of amides is 1. The molecule has 0 saturated carbocycles. The van der Waals surface area contributed by atoms with E-state index in [1.165, 1.54) is 6.07 Å². The zero-order chi connectivity index (χ0) is 29.3. The van der Waals surface area contributed by atoms with Gasteiger partial charge in [0.2, 0.25) is 5.95 Å². The highest BCUT2D eigenvalue weighted by Gasteiger charge is 2.26. The Balaban J connectivity index is 1.30. The van der Waals surface area contributed by atoms with Crippen molar-refractivity contribution >= 4 is 40.5 Å². The number of benzene rings is 1. The molecule has 4 heterocycles. The van der Waals surface area contributed by atoms with Crippen molar-refractivity contribution in [3.8, 4) is 11.3 Å². The molecular weight excluding hydrogens is 530 g/mol. The van der Waals surface area contributed by atoms with Crippen LogP contribution in [0.25, 0.3) is 28.2 Å². The largest absolute Gasteiger partial charge is 0.444 e. The second kappa shape index (κ2) is 11.1. The smallest absolute Gasteiger partial charge is 0.410 e. The Morgan fingerprint density at radius 2 is 1.80 bits per heavy atom. The van der Waals surface area contributed by atoms with Gasteiger partial charge in [0.25, 0.3) is 0 Å². The summed E-state index contributed by atoms with van der Waals surface area (Å²) in [6.07, 6.45) is 6.09. The number of halogens is 2. The molecule has 1 N–H and O–H groups in total. The van der Waals surface area contributed by atoms with E-state index in [0.29, 0.717) is 43.1 Å². The average Bonchev–Trinajstić information content (AvgIpc) is 3.25. The number of carbonyl (C=O) groups excluding carboxylic acids is 1. The van der Waals surface area contributed by atoms with Crippen LogP contribution in [-0.2, 0) is 11.8 Å². The van der Waals surface area contributed by atoms with Crippen LogP contribution >= 0.6 is 0 Å². The van der Waals surface area contributed by atoms with Gasteiger partial charge in [-0.25, -0.2) is 28.5 Å². The SMILES string of the molecule is C/C=C/c1c2cc(-c3nc(Nc4ccc(N5CCN(C(=O)OC(C)(C)C)CC5)cn4)ncc3F)cc(F)c2nn1C. The standard InChI is InChI=1S/C29H32F2N8O2/c1-6-7-23-20-14-18(15-21(30)26(20)36-37(23)5)25-22(31)17-33-27(35-25)34-24-9-8-19(16-32-24)38-10-12-39(13-11-38)28(40)41-29(2,3)4/h6-9,14-17H,10-13H2,1-5H3,(H,32,33,34,35)/b7-6+. The lowest BCUT2D eigenvalue weighted by Crippen LogP contribution is -2.50.